The number of thiophene rings is 1. The second-order valence-electron chi connectivity index (χ2n) is 3.24. The molecule has 0 aromatic carbocycles. The highest BCUT2D eigenvalue weighted by atomic mass is 79.9. The highest BCUT2D eigenvalue weighted by molar-refractivity contribution is 9.13. The van der Waals surface area contributed by atoms with Gasteiger partial charge in [-0.3, -0.25) is 0 Å². The lowest BCUT2D eigenvalue weighted by Gasteiger charge is -2.13. The third-order valence-corrected chi connectivity index (χ3v) is 5.43. The summed E-state index contributed by atoms with van der Waals surface area (Å²) in [6.45, 7) is 2.01. The summed E-state index contributed by atoms with van der Waals surface area (Å²) in [5, 5.41) is 18.9. The summed E-state index contributed by atoms with van der Waals surface area (Å²) < 4.78 is 1.87. The van der Waals surface area contributed by atoms with Gasteiger partial charge in [0.15, 0.2) is 0 Å². The van der Waals surface area contributed by atoms with Crippen LogP contribution >= 0.6 is 43.2 Å². The fourth-order valence-electron chi connectivity index (χ4n) is 1.31. The maximum Gasteiger partial charge on any atom is 0.104 e. The Morgan fingerprint density at radius 2 is 2.27 bits per heavy atom. The molecule has 0 radical (unpaired) electrons. The van der Waals surface area contributed by atoms with Crippen molar-refractivity contribution < 1.29 is 5.11 Å². The van der Waals surface area contributed by atoms with Crippen molar-refractivity contribution in [1.82, 2.24) is 0 Å². The highest BCUT2D eigenvalue weighted by Crippen LogP contribution is 2.38. The lowest BCUT2D eigenvalue weighted by Crippen LogP contribution is -2.09. The molecule has 2 atom stereocenters. The summed E-state index contributed by atoms with van der Waals surface area (Å²) in [6, 6.07) is 4.02. The molecule has 0 aliphatic heterocycles. The van der Waals surface area contributed by atoms with Crippen LogP contribution < -0.4 is 0 Å². The van der Waals surface area contributed by atoms with Gasteiger partial charge in [-0.15, -0.1) is 11.3 Å². The van der Waals surface area contributed by atoms with E-state index in [4.69, 9.17) is 5.26 Å². The van der Waals surface area contributed by atoms with Crippen LogP contribution in [0.15, 0.2) is 14.3 Å². The zero-order valence-corrected chi connectivity index (χ0v) is 12.2. The molecule has 2 nitrogen and oxygen atoms in total. The van der Waals surface area contributed by atoms with E-state index < -0.39 is 6.10 Å². The molecule has 0 aliphatic carbocycles. The summed E-state index contributed by atoms with van der Waals surface area (Å²) in [6.07, 6.45) is 0.955. The molecule has 0 saturated carbocycles. The van der Waals surface area contributed by atoms with Gasteiger partial charge in [-0.2, -0.15) is 5.26 Å². The number of nitrogens with zero attached hydrogens (tertiary/aromatic N) is 1. The molecule has 1 N–H and O–H groups in total. The Balaban J connectivity index is 2.83. The molecule has 1 heterocycles. The number of nitriles is 1. The van der Waals surface area contributed by atoms with Crippen LogP contribution in [0.1, 0.15) is 30.7 Å². The minimum atomic E-state index is -0.678. The molecule has 82 valence electrons. The Hall–Kier alpha value is 0.110. The van der Waals surface area contributed by atoms with Crippen LogP contribution in [0.4, 0.5) is 0 Å². The van der Waals surface area contributed by atoms with Gasteiger partial charge in [-0.1, -0.05) is 13.3 Å². The van der Waals surface area contributed by atoms with Crippen molar-refractivity contribution in [2.75, 3.05) is 0 Å². The number of hydrogen-bond donors (Lipinski definition) is 1. The molecule has 0 aliphatic rings. The molecule has 0 spiro atoms. The first kappa shape index (κ1) is 13.2. The largest absolute Gasteiger partial charge is 0.386 e. The second-order valence-corrected chi connectivity index (χ2v) is 6.50. The lowest BCUT2D eigenvalue weighted by molar-refractivity contribution is 0.133. The molecule has 0 saturated heterocycles. The van der Waals surface area contributed by atoms with Crippen LogP contribution in [-0.4, -0.2) is 5.11 Å². The van der Waals surface area contributed by atoms with Crippen molar-refractivity contribution in [1.29, 1.82) is 5.26 Å². The van der Waals surface area contributed by atoms with Crippen molar-refractivity contribution in [3.8, 4) is 6.07 Å². The number of rotatable bonds is 4. The number of aliphatic hydroxyl groups is 1. The molecule has 1 rings (SSSR count). The van der Waals surface area contributed by atoms with Gasteiger partial charge in [0.2, 0.25) is 0 Å². The maximum absolute atomic E-state index is 10.00. The first-order valence-corrected chi connectivity index (χ1v) is 7.02. The number of halogens is 2. The summed E-state index contributed by atoms with van der Waals surface area (Å²) in [4.78, 5) is 0.828. The van der Waals surface area contributed by atoms with Crippen molar-refractivity contribution in [3.63, 3.8) is 0 Å². The molecule has 1 aromatic heterocycles. The van der Waals surface area contributed by atoms with E-state index in [0.717, 1.165) is 26.0 Å². The monoisotopic (exact) mass is 351 g/mol. The van der Waals surface area contributed by atoms with Gasteiger partial charge in [-0.25, -0.2) is 0 Å². The fraction of sp³-hybridized carbons (Fsp3) is 0.500. The number of hydrogen-bond acceptors (Lipinski definition) is 3. The van der Waals surface area contributed by atoms with Crippen LogP contribution in [0.25, 0.3) is 0 Å². The van der Waals surface area contributed by atoms with Gasteiger partial charge in [0.1, 0.15) is 6.10 Å². The van der Waals surface area contributed by atoms with E-state index in [0.29, 0.717) is 0 Å². The third kappa shape index (κ3) is 3.28. The molecule has 0 amide bonds. The van der Waals surface area contributed by atoms with Gasteiger partial charge < -0.3 is 5.11 Å². The van der Waals surface area contributed by atoms with Crippen LogP contribution in [0.3, 0.4) is 0 Å². The predicted octanol–water partition coefficient (Wildman–Crippen LogP) is 4.25. The topological polar surface area (TPSA) is 44.0 Å². The second kappa shape index (κ2) is 6.00. The highest BCUT2D eigenvalue weighted by Gasteiger charge is 2.22. The lowest BCUT2D eigenvalue weighted by atomic mass is 9.98. The summed E-state index contributed by atoms with van der Waals surface area (Å²) >= 11 is 8.20. The standard InChI is InChI=1S/C10H11Br2NOS/c1-2-3-6(5-13)9(14)8-4-7(11)10(12)15-8/h4,6,9,14H,2-3H2,1H3. The van der Waals surface area contributed by atoms with Gasteiger partial charge in [0.25, 0.3) is 0 Å². The van der Waals surface area contributed by atoms with Crippen LogP contribution in [-0.2, 0) is 0 Å². The van der Waals surface area contributed by atoms with Gasteiger partial charge in [-0.05, 0) is 44.3 Å². The molecular weight excluding hydrogens is 342 g/mol. The summed E-state index contributed by atoms with van der Waals surface area (Å²) in [5.41, 5.74) is 0. The van der Waals surface area contributed by atoms with Gasteiger partial charge in [0, 0.05) is 9.35 Å². The Bertz CT molecular complexity index is 352. The molecule has 2 unspecified atom stereocenters. The van der Waals surface area contributed by atoms with Crippen molar-refractivity contribution >= 4 is 43.2 Å². The zero-order chi connectivity index (χ0) is 11.4. The molecule has 15 heavy (non-hydrogen) atoms. The first-order valence-electron chi connectivity index (χ1n) is 4.62. The van der Waals surface area contributed by atoms with E-state index in [2.05, 4.69) is 37.9 Å². The van der Waals surface area contributed by atoms with Gasteiger partial charge >= 0.3 is 0 Å². The molecule has 0 fully saturated rings. The first-order chi connectivity index (χ1) is 7.10. The van der Waals surface area contributed by atoms with E-state index >= 15 is 0 Å². The molecule has 0 bridgehead atoms. The normalized spacial score (nSPS) is 14.6. The third-order valence-electron chi connectivity index (χ3n) is 2.10. The minimum absolute atomic E-state index is 0.313. The molecular formula is C10H11Br2NOS. The van der Waals surface area contributed by atoms with Crippen molar-refractivity contribution in [2.45, 2.75) is 25.9 Å². The van der Waals surface area contributed by atoms with Crippen molar-refractivity contribution in [2.24, 2.45) is 5.92 Å². The SMILES string of the molecule is CCCC(C#N)C(O)c1cc(Br)c(Br)s1. The predicted molar refractivity (Wildman–Crippen MR) is 68.7 cm³/mol. The van der Waals surface area contributed by atoms with Crippen molar-refractivity contribution in [3.05, 3.63) is 19.2 Å². The minimum Gasteiger partial charge on any atom is -0.386 e. The molecule has 1 aromatic rings. The molecule has 5 heteroatoms. The van der Waals surface area contributed by atoms with Crippen LogP contribution in [0.5, 0.6) is 0 Å². The Morgan fingerprint density at radius 3 is 2.67 bits per heavy atom. The van der Waals surface area contributed by atoms with Crippen LogP contribution in [0, 0.1) is 17.2 Å². The number of aliphatic hydroxyl groups excluding tert-OH is 1. The zero-order valence-electron chi connectivity index (χ0n) is 8.20. The average Bonchev–Trinajstić information content (AvgIpc) is 2.55. The van der Waals surface area contributed by atoms with Crippen LogP contribution in [0.2, 0.25) is 0 Å². The van der Waals surface area contributed by atoms with E-state index in [1.54, 1.807) is 0 Å². The quantitative estimate of drug-likeness (QED) is 0.880. The fourth-order valence-corrected chi connectivity index (χ4v) is 3.45. The smallest absolute Gasteiger partial charge is 0.104 e. The average molecular weight is 353 g/mol. The summed E-state index contributed by atoms with van der Waals surface area (Å²) in [5.74, 6) is -0.313. The van der Waals surface area contributed by atoms with E-state index in [9.17, 15) is 5.11 Å². The van der Waals surface area contributed by atoms with E-state index in [-0.39, 0.29) is 5.92 Å². The van der Waals surface area contributed by atoms with E-state index in [1.165, 1.54) is 11.3 Å². The Labute approximate surface area is 110 Å². The van der Waals surface area contributed by atoms with Gasteiger partial charge in [0.05, 0.1) is 15.8 Å². The maximum atomic E-state index is 10.00. The Morgan fingerprint density at radius 1 is 1.60 bits per heavy atom. The Kier molecular flexibility index (Phi) is 5.27. The summed E-state index contributed by atoms with van der Waals surface area (Å²) in [7, 11) is 0. The van der Waals surface area contributed by atoms with E-state index in [1.807, 2.05) is 13.0 Å².